The van der Waals surface area contributed by atoms with Crippen LogP contribution in [0, 0.1) is 5.92 Å². The molecule has 0 bridgehead atoms. The van der Waals surface area contributed by atoms with Gasteiger partial charge in [0.2, 0.25) is 0 Å². The molecule has 0 aromatic carbocycles. The Balaban J connectivity index is 2.64. The van der Waals surface area contributed by atoms with Crippen molar-refractivity contribution < 1.29 is 10.2 Å². The van der Waals surface area contributed by atoms with E-state index in [1.807, 2.05) is 26.0 Å². The van der Waals surface area contributed by atoms with Crippen LogP contribution in [0.1, 0.15) is 26.7 Å². The van der Waals surface area contributed by atoms with Gasteiger partial charge in [0.25, 0.3) is 0 Å². The van der Waals surface area contributed by atoms with E-state index in [1.165, 1.54) is 11.1 Å². The van der Waals surface area contributed by atoms with Gasteiger partial charge in [-0.3, -0.25) is 0 Å². The van der Waals surface area contributed by atoms with Gasteiger partial charge in [-0.05, 0) is 32.6 Å². The summed E-state index contributed by atoms with van der Waals surface area (Å²) in [6.45, 7) is 4.16. The first kappa shape index (κ1) is 10.5. The number of allylic oxidation sites excluding steroid dienone is 2. The normalized spacial score (nSPS) is 30.2. The number of hydrogen-bond acceptors (Lipinski definition) is 2. The lowest BCUT2D eigenvalue weighted by atomic mass is 9.83. The summed E-state index contributed by atoms with van der Waals surface area (Å²) < 4.78 is 0. The SMILES string of the molecule is CC1=CC(O)CC(/C(C)=C\CO)C1. The highest BCUT2D eigenvalue weighted by atomic mass is 16.3. The molecule has 2 N–H and O–H groups in total. The maximum absolute atomic E-state index is 9.50. The van der Waals surface area contributed by atoms with Gasteiger partial charge >= 0.3 is 0 Å². The molecular weight excluding hydrogens is 164 g/mol. The molecule has 0 radical (unpaired) electrons. The van der Waals surface area contributed by atoms with Crippen LogP contribution < -0.4 is 0 Å². The van der Waals surface area contributed by atoms with Crippen molar-refractivity contribution in [3.63, 3.8) is 0 Å². The van der Waals surface area contributed by atoms with Crippen molar-refractivity contribution in [2.24, 2.45) is 5.92 Å². The minimum Gasteiger partial charge on any atom is -0.392 e. The fourth-order valence-electron chi connectivity index (χ4n) is 1.89. The zero-order valence-electron chi connectivity index (χ0n) is 8.33. The summed E-state index contributed by atoms with van der Waals surface area (Å²) in [5.41, 5.74) is 2.43. The van der Waals surface area contributed by atoms with Gasteiger partial charge < -0.3 is 10.2 Å². The molecule has 0 saturated carbocycles. The third-order valence-electron chi connectivity index (χ3n) is 2.63. The van der Waals surface area contributed by atoms with E-state index in [0.29, 0.717) is 5.92 Å². The Morgan fingerprint density at radius 3 is 2.92 bits per heavy atom. The van der Waals surface area contributed by atoms with Crippen LogP contribution in [0.5, 0.6) is 0 Å². The third-order valence-corrected chi connectivity index (χ3v) is 2.63. The molecule has 2 heteroatoms. The van der Waals surface area contributed by atoms with Gasteiger partial charge in [0, 0.05) is 0 Å². The van der Waals surface area contributed by atoms with E-state index in [2.05, 4.69) is 0 Å². The molecular formula is C11H18O2. The first-order valence-corrected chi connectivity index (χ1v) is 4.76. The molecule has 0 aliphatic heterocycles. The van der Waals surface area contributed by atoms with Crippen molar-refractivity contribution in [3.8, 4) is 0 Å². The van der Waals surface area contributed by atoms with E-state index in [4.69, 9.17) is 5.11 Å². The molecule has 2 unspecified atom stereocenters. The molecule has 0 spiro atoms. The molecule has 0 fully saturated rings. The quantitative estimate of drug-likeness (QED) is 0.637. The Hall–Kier alpha value is -0.600. The molecule has 0 saturated heterocycles. The lowest BCUT2D eigenvalue weighted by Crippen LogP contribution is -2.18. The van der Waals surface area contributed by atoms with Gasteiger partial charge in [-0.25, -0.2) is 0 Å². The minimum atomic E-state index is -0.305. The smallest absolute Gasteiger partial charge is 0.0729 e. The molecule has 74 valence electrons. The fourth-order valence-corrected chi connectivity index (χ4v) is 1.89. The molecule has 2 nitrogen and oxygen atoms in total. The summed E-state index contributed by atoms with van der Waals surface area (Å²) >= 11 is 0. The monoisotopic (exact) mass is 182 g/mol. The molecule has 1 aliphatic carbocycles. The van der Waals surface area contributed by atoms with E-state index in [1.54, 1.807) is 0 Å². The largest absolute Gasteiger partial charge is 0.392 e. The second-order valence-electron chi connectivity index (χ2n) is 3.85. The lowest BCUT2D eigenvalue weighted by molar-refractivity contribution is 0.184. The topological polar surface area (TPSA) is 40.5 Å². The highest BCUT2D eigenvalue weighted by Gasteiger charge is 2.19. The minimum absolute atomic E-state index is 0.0984. The second kappa shape index (κ2) is 4.58. The van der Waals surface area contributed by atoms with Crippen molar-refractivity contribution in [3.05, 3.63) is 23.3 Å². The van der Waals surface area contributed by atoms with Crippen molar-refractivity contribution in [1.82, 2.24) is 0 Å². The summed E-state index contributed by atoms with van der Waals surface area (Å²) in [6, 6.07) is 0. The predicted octanol–water partition coefficient (Wildman–Crippen LogP) is 1.64. The molecule has 13 heavy (non-hydrogen) atoms. The second-order valence-corrected chi connectivity index (χ2v) is 3.85. The van der Waals surface area contributed by atoms with Crippen molar-refractivity contribution in [1.29, 1.82) is 0 Å². The number of hydrogen-bond donors (Lipinski definition) is 2. The van der Waals surface area contributed by atoms with Crippen LogP contribution in [-0.2, 0) is 0 Å². The average Bonchev–Trinajstić information content (AvgIpc) is 2.03. The van der Waals surface area contributed by atoms with Crippen molar-refractivity contribution >= 4 is 0 Å². The number of aliphatic hydroxyl groups is 2. The first-order valence-electron chi connectivity index (χ1n) is 4.76. The standard InChI is InChI=1S/C11H18O2/c1-8-5-10(7-11(13)6-8)9(2)3-4-12/h3,6,10-13H,4-5,7H2,1-2H3/b9-3-. The Kier molecular flexibility index (Phi) is 3.70. The summed E-state index contributed by atoms with van der Waals surface area (Å²) in [7, 11) is 0. The van der Waals surface area contributed by atoms with Gasteiger partial charge in [0.15, 0.2) is 0 Å². The number of rotatable bonds is 2. The maximum Gasteiger partial charge on any atom is 0.0729 e. The predicted molar refractivity (Wildman–Crippen MR) is 53.3 cm³/mol. The molecule has 0 amide bonds. The zero-order chi connectivity index (χ0) is 9.84. The maximum atomic E-state index is 9.50. The van der Waals surface area contributed by atoms with Crippen LogP contribution in [-0.4, -0.2) is 22.9 Å². The van der Waals surface area contributed by atoms with Crippen LogP contribution in [0.15, 0.2) is 23.3 Å². The Labute approximate surface area is 79.6 Å². The molecule has 2 atom stereocenters. The van der Waals surface area contributed by atoms with Gasteiger partial charge in [0.05, 0.1) is 12.7 Å². The molecule has 1 rings (SSSR count). The average molecular weight is 182 g/mol. The molecule has 0 aromatic rings. The van der Waals surface area contributed by atoms with E-state index in [9.17, 15) is 5.11 Å². The summed E-state index contributed by atoms with van der Waals surface area (Å²) in [5, 5.41) is 18.2. The van der Waals surface area contributed by atoms with E-state index >= 15 is 0 Å². The summed E-state index contributed by atoms with van der Waals surface area (Å²) in [6.07, 6.45) is 5.25. The first-order chi connectivity index (χ1) is 6.13. The van der Waals surface area contributed by atoms with Gasteiger partial charge in [-0.2, -0.15) is 0 Å². The van der Waals surface area contributed by atoms with Crippen LogP contribution >= 0.6 is 0 Å². The number of aliphatic hydroxyl groups excluding tert-OH is 2. The van der Waals surface area contributed by atoms with Crippen LogP contribution in [0.25, 0.3) is 0 Å². The van der Waals surface area contributed by atoms with E-state index in [0.717, 1.165) is 12.8 Å². The highest BCUT2D eigenvalue weighted by molar-refractivity contribution is 5.16. The van der Waals surface area contributed by atoms with Crippen molar-refractivity contribution in [2.75, 3.05) is 6.61 Å². The van der Waals surface area contributed by atoms with Gasteiger partial charge in [-0.1, -0.05) is 23.3 Å². The van der Waals surface area contributed by atoms with Crippen molar-refractivity contribution in [2.45, 2.75) is 32.8 Å². The lowest BCUT2D eigenvalue weighted by Gasteiger charge is -2.25. The van der Waals surface area contributed by atoms with Gasteiger partial charge in [-0.15, -0.1) is 0 Å². The van der Waals surface area contributed by atoms with Gasteiger partial charge in [0.1, 0.15) is 0 Å². The molecule has 0 aromatic heterocycles. The molecule has 0 heterocycles. The Morgan fingerprint density at radius 1 is 1.69 bits per heavy atom. The van der Waals surface area contributed by atoms with Crippen LogP contribution in [0.3, 0.4) is 0 Å². The zero-order valence-corrected chi connectivity index (χ0v) is 8.33. The highest BCUT2D eigenvalue weighted by Crippen LogP contribution is 2.29. The Bertz CT molecular complexity index is 228. The van der Waals surface area contributed by atoms with E-state index < -0.39 is 0 Å². The summed E-state index contributed by atoms with van der Waals surface area (Å²) in [5.74, 6) is 0.409. The molecule has 1 aliphatic rings. The Morgan fingerprint density at radius 2 is 2.38 bits per heavy atom. The van der Waals surface area contributed by atoms with Crippen LogP contribution in [0.2, 0.25) is 0 Å². The summed E-state index contributed by atoms with van der Waals surface area (Å²) in [4.78, 5) is 0. The van der Waals surface area contributed by atoms with Crippen LogP contribution in [0.4, 0.5) is 0 Å². The fraction of sp³-hybridized carbons (Fsp3) is 0.636. The van der Waals surface area contributed by atoms with E-state index in [-0.39, 0.29) is 12.7 Å². The third kappa shape index (κ3) is 2.98.